The second-order valence-corrected chi connectivity index (χ2v) is 11.5. The van der Waals surface area contributed by atoms with Crippen molar-refractivity contribution in [3.8, 4) is 0 Å². The molecule has 1 saturated heterocycles. The van der Waals surface area contributed by atoms with Gasteiger partial charge in [0.15, 0.2) is 0 Å². The van der Waals surface area contributed by atoms with Crippen molar-refractivity contribution in [1.29, 1.82) is 0 Å². The number of hydrogen-bond donors (Lipinski definition) is 1. The molecule has 2 heterocycles. The number of nitrogens with one attached hydrogen (secondary N) is 1. The van der Waals surface area contributed by atoms with Crippen LogP contribution >= 0.6 is 35.0 Å². The molecule has 0 saturated carbocycles. The maximum atomic E-state index is 14.3. The summed E-state index contributed by atoms with van der Waals surface area (Å²) >= 11 is 11.8. The van der Waals surface area contributed by atoms with Gasteiger partial charge in [0, 0.05) is 22.0 Å². The lowest BCUT2D eigenvalue weighted by molar-refractivity contribution is -0.160. The molecule has 0 bridgehead atoms. The predicted octanol–water partition coefficient (Wildman–Crippen LogP) is 6.10. The summed E-state index contributed by atoms with van der Waals surface area (Å²) in [6.45, 7) is 1.74. The van der Waals surface area contributed by atoms with E-state index in [9.17, 15) is 22.5 Å². The standard InChI is InChI=1S/C22H18Cl2F3NO2S2/c1-12-4-13(2-3-19(12)20(29)28-18-10-32(30)11-18)14-8-21(31-9-14,22(25,26)27)15-5-16(23)7-17(24)6-15/h2-7,9,18H,8,10-11H2,1H3,(H,28,29)/t18?,21-,32?/m1/s1. The van der Waals surface area contributed by atoms with Gasteiger partial charge in [0.25, 0.3) is 5.91 Å². The third-order valence-electron chi connectivity index (χ3n) is 5.58. The van der Waals surface area contributed by atoms with Crippen LogP contribution in [0.4, 0.5) is 13.2 Å². The summed E-state index contributed by atoms with van der Waals surface area (Å²) in [5, 5.41) is 4.64. The Labute approximate surface area is 200 Å². The molecule has 0 radical (unpaired) electrons. The van der Waals surface area contributed by atoms with Crippen molar-refractivity contribution in [1.82, 2.24) is 5.32 Å². The second-order valence-electron chi connectivity index (χ2n) is 7.89. The first kappa shape index (κ1) is 23.8. The molecule has 2 aliphatic rings. The Morgan fingerprint density at radius 3 is 2.41 bits per heavy atom. The van der Waals surface area contributed by atoms with Gasteiger partial charge in [-0.1, -0.05) is 35.3 Å². The molecule has 1 amide bonds. The zero-order valence-corrected chi connectivity index (χ0v) is 19.9. The average molecular weight is 520 g/mol. The molecule has 3 nitrogen and oxygen atoms in total. The topological polar surface area (TPSA) is 52.2 Å². The van der Waals surface area contributed by atoms with Crippen LogP contribution in [0.3, 0.4) is 0 Å². The number of carbonyl (C=O) groups is 1. The number of carbonyl (C=O) groups excluding carboxylic acids is 1. The van der Waals surface area contributed by atoms with Gasteiger partial charge in [-0.2, -0.15) is 13.2 Å². The van der Waals surface area contributed by atoms with E-state index in [4.69, 9.17) is 23.2 Å². The molecule has 4 rings (SSSR count). The maximum Gasteiger partial charge on any atom is 0.407 e. The summed E-state index contributed by atoms with van der Waals surface area (Å²) in [4.78, 5) is 12.5. The lowest BCUT2D eigenvalue weighted by atomic mass is 9.87. The van der Waals surface area contributed by atoms with Crippen LogP contribution in [0.25, 0.3) is 5.57 Å². The summed E-state index contributed by atoms with van der Waals surface area (Å²) < 4.78 is 51.8. The van der Waals surface area contributed by atoms with Crippen molar-refractivity contribution < 1.29 is 22.5 Å². The molecule has 2 aromatic rings. The quantitative estimate of drug-likeness (QED) is 0.496. The molecule has 0 spiro atoms. The van der Waals surface area contributed by atoms with E-state index < -0.39 is 22.1 Å². The summed E-state index contributed by atoms with van der Waals surface area (Å²) in [7, 11) is 0. The van der Waals surface area contributed by atoms with Gasteiger partial charge in [-0.05, 0) is 70.0 Å². The molecular weight excluding hydrogens is 502 g/mol. The highest BCUT2D eigenvalue weighted by Crippen LogP contribution is 2.60. The minimum Gasteiger partial charge on any atom is -0.616 e. The lowest BCUT2D eigenvalue weighted by Crippen LogP contribution is -2.53. The van der Waals surface area contributed by atoms with E-state index in [2.05, 4.69) is 5.32 Å². The molecule has 0 aliphatic carbocycles. The van der Waals surface area contributed by atoms with Crippen molar-refractivity contribution >= 4 is 57.6 Å². The van der Waals surface area contributed by atoms with Gasteiger partial charge in [-0.3, -0.25) is 4.79 Å². The minimum absolute atomic E-state index is 0.00403. The molecule has 170 valence electrons. The van der Waals surface area contributed by atoms with Gasteiger partial charge in [0.2, 0.25) is 0 Å². The third-order valence-corrected chi connectivity index (χ3v) is 8.98. The monoisotopic (exact) mass is 519 g/mol. The lowest BCUT2D eigenvalue weighted by Gasteiger charge is -2.32. The van der Waals surface area contributed by atoms with Crippen LogP contribution in [0.2, 0.25) is 10.0 Å². The first-order valence-electron chi connectivity index (χ1n) is 9.65. The molecule has 1 fully saturated rings. The van der Waals surface area contributed by atoms with Crippen molar-refractivity contribution in [2.45, 2.75) is 30.3 Å². The van der Waals surface area contributed by atoms with Gasteiger partial charge in [0.1, 0.15) is 22.3 Å². The van der Waals surface area contributed by atoms with Gasteiger partial charge in [-0.25, -0.2) is 0 Å². The Kier molecular flexibility index (Phi) is 6.55. The van der Waals surface area contributed by atoms with E-state index in [0.29, 0.717) is 45.5 Å². The van der Waals surface area contributed by atoms with Crippen molar-refractivity contribution in [3.05, 3.63) is 74.1 Å². The molecule has 2 aliphatic heterocycles. The number of alkyl halides is 3. The highest BCUT2D eigenvalue weighted by molar-refractivity contribution is 8.03. The largest absolute Gasteiger partial charge is 0.616 e. The smallest absolute Gasteiger partial charge is 0.407 e. The average Bonchev–Trinajstić information content (AvgIpc) is 3.12. The number of aryl methyl sites for hydroxylation is 1. The molecule has 32 heavy (non-hydrogen) atoms. The van der Waals surface area contributed by atoms with E-state index in [-0.39, 0.29) is 34.0 Å². The number of thioether (sulfide) groups is 1. The summed E-state index contributed by atoms with van der Waals surface area (Å²) in [5.41, 5.74) is 2.25. The number of benzene rings is 2. The fraction of sp³-hybridized carbons (Fsp3) is 0.318. The van der Waals surface area contributed by atoms with Crippen LogP contribution in [0.15, 0.2) is 41.8 Å². The first-order chi connectivity index (χ1) is 15.0. The Morgan fingerprint density at radius 2 is 1.84 bits per heavy atom. The van der Waals surface area contributed by atoms with Crippen LogP contribution in [-0.4, -0.2) is 34.2 Å². The van der Waals surface area contributed by atoms with Crippen LogP contribution in [0.5, 0.6) is 0 Å². The fourth-order valence-corrected chi connectivity index (χ4v) is 6.53. The van der Waals surface area contributed by atoms with Crippen LogP contribution < -0.4 is 5.32 Å². The number of halogens is 5. The molecule has 10 heteroatoms. The van der Waals surface area contributed by atoms with Gasteiger partial charge in [0.05, 0.1) is 0 Å². The Morgan fingerprint density at radius 1 is 1.19 bits per heavy atom. The van der Waals surface area contributed by atoms with Gasteiger partial charge in [-0.15, -0.1) is 11.8 Å². The number of hydrogen-bond acceptors (Lipinski definition) is 3. The van der Waals surface area contributed by atoms with E-state index >= 15 is 0 Å². The fourth-order valence-electron chi connectivity index (χ4n) is 3.85. The van der Waals surface area contributed by atoms with E-state index in [0.717, 1.165) is 0 Å². The third kappa shape index (κ3) is 4.53. The van der Waals surface area contributed by atoms with Crippen molar-refractivity contribution in [2.75, 3.05) is 11.5 Å². The number of rotatable bonds is 4. The molecular formula is C22H18Cl2F3NO2S2. The Hall–Kier alpha value is -1.32. The molecule has 1 N–H and O–H groups in total. The highest BCUT2D eigenvalue weighted by Gasteiger charge is 2.58. The summed E-state index contributed by atoms with van der Waals surface area (Å²) in [6.07, 6.45) is -4.82. The van der Waals surface area contributed by atoms with Gasteiger partial charge >= 0.3 is 6.18 Å². The zero-order valence-electron chi connectivity index (χ0n) is 16.8. The minimum atomic E-state index is -4.54. The van der Waals surface area contributed by atoms with Crippen LogP contribution in [0.1, 0.15) is 33.5 Å². The Bertz CT molecular complexity index is 1080. The number of amides is 1. The Balaban J connectivity index is 1.58. The van der Waals surface area contributed by atoms with Crippen LogP contribution in [0, 0.1) is 6.92 Å². The second kappa shape index (κ2) is 8.80. The predicted molar refractivity (Wildman–Crippen MR) is 125 cm³/mol. The van der Waals surface area contributed by atoms with E-state index in [1.54, 1.807) is 25.1 Å². The SMILES string of the molecule is Cc1cc(C2=CS[C@](c3cc(Cl)cc(Cl)c3)(C(F)(F)F)C2)ccc1C(=O)NC1C[S+]([O-])C1. The van der Waals surface area contributed by atoms with Gasteiger partial charge < -0.3 is 9.87 Å². The number of allylic oxidation sites excluding steroid dienone is 1. The normalized spacial score (nSPS) is 25.3. The molecule has 2 aromatic carbocycles. The molecule has 0 aromatic heterocycles. The highest BCUT2D eigenvalue weighted by atomic mass is 35.5. The maximum absolute atomic E-state index is 14.3. The van der Waals surface area contributed by atoms with Crippen molar-refractivity contribution in [2.24, 2.45) is 0 Å². The zero-order chi connectivity index (χ0) is 23.3. The molecule has 0 unspecified atom stereocenters. The van der Waals surface area contributed by atoms with Crippen LogP contribution in [-0.2, 0) is 15.9 Å². The van der Waals surface area contributed by atoms with E-state index in [1.165, 1.54) is 23.6 Å². The first-order valence-corrected chi connectivity index (χ1v) is 12.8. The summed E-state index contributed by atoms with van der Waals surface area (Å²) in [6, 6.07) is 8.90. The summed E-state index contributed by atoms with van der Waals surface area (Å²) in [5.74, 6) is 0.615. The van der Waals surface area contributed by atoms with E-state index in [1.807, 2.05) is 0 Å². The van der Waals surface area contributed by atoms with Crippen molar-refractivity contribution in [3.63, 3.8) is 0 Å². The molecule has 1 atom stereocenters.